The topological polar surface area (TPSA) is 73.5 Å². The summed E-state index contributed by atoms with van der Waals surface area (Å²) in [6.07, 6.45) is 1.14. The number of H-pyrrole nitrogens is 1. The largest absolute Gasteiger partial charge is 0.341 e. The molecule has 126 valence electrons. The van der Waals surface area contributed by atoms with Crippen molar-refractivity contribution in [3.63, 3.8) is 0 Å². The Morgan fingerprint density at radius 1 is 1.08 bits per heavy atom. The van der Waals surface area contributed by atoms with E-state index in [4.69, 9.17) is 0 Å². The maximum Gasteiger partial charge on any atom is 0.270 e. The summed E-state index contributed by atoms with van der Waals surface area (Å²) in [7, 11) is 0. The van der Waals surface area contributed by atoms with E-state index in [1.165, 1.54) is 6.07 Å². The summed E-state index contributed by atoms with van der Waals surface area (Å²) >= 11 is 1.58. The van der Waals surface area contributed by atoms with Crippen LogP contribution in [0, 0.1) is 0 Å². The predicted molar refractivity (Wildman–Crippen MR) is 92.2 cm³/mol. The SMILES string of the molecule is O=C(Cc1ccsc1)N1CCCN(C(=O)c2cccc(=O)[nH]2)CC1. The van der Waals surface area contributed by atoms with E-state index in [0.717, 1.165) is 12.0 Å². The van der Waals surface area contributed by atoms with Gasteiger partial charge in [0.05, 0.1) is 6.42 Å². The lowest BCUT2D eigenvalue weighted by Crippen LogP contribution is -2.38. The first-order valence-electron chi connectivity index (χ1n) is 7.91. The summed E-state index contributed by atoms with van der Waals surface area (Å²) in [5, 5.41) is 3.95. The highest BCUT2D eigenvalue weighted by Crippen LogP contribution is 2.11. The Hall–Kier alpha value is -2.41. The van der Waals surface area contributed by atoms with E-state index in [-0.39, 0.29) is 17.4 Å². The van der Waals surface area contributed by atoms with Gasteiger partial charge in [-0.05, 0) is 34.9 Å². The van der Waals surface area contributed by atoms with Crippen molar-refractivity contribution < 1.29 is 9.59 Å². The van der Waals surface area contributed by atoms with Crippen molar-refractivity contribution in [3.8, 4) is 0 Å². The minimum atomic E-state index is -0.289. The van der Waals surface area contributed by atoms with Crippen LogP contribution in [-0.4, -0.2) is 52.8 Å². The number of thiophene rings is 1. The Morgan fingerprint density at radius 3 is 2.62 bits per heavy atom. The average Bonchev–Trinajstić information content (AvgIpc) is 2.95. The molecule has 6 nitrogen and oxygen atoms in total. The molecule has 1 N–H and O–H groups in total. The number of carbonyl (C=O) groups excluding carboxylic acids is 2. The smallest absolute Gasteiger partial charge is 0.270 e. The third-order valence-electron chi connectivity index (χ3n) is 4.07. The zero-order valence-corrected chi connectivity index (χ0v) is 14.1. The predicted octanol–water partition coefficient (Wildman–Crippen LogP) is 1.35. The molecule has 0 saturated carbocycles. The molecule has 0 spiro atoms. The molecule has 0 aromatic carbocycles. The first kappa shape index (κ1) is 16.4. The molecule has 7 heteroatoms. The van der Waals surface area contributed by atoms with Crippen LogP contribution in [0.25, 0.3) is 0 Å². The van der Waals surface area contributed by atoms with Crippen LogP contribution in [0.2, 0.25) is 0 Å². The summed E-state index contributed by atoms with van der Waals surface area (Å²) in [5.41, 5.74) is 1.04. The number of hydrogen-bond donors (Lipinski definition) is 1. The number of aromatic nitrogens is 1. The fourth-order valence-corrected chi connectivity index (χ4v) is 3.46. The Kier molecular flexibility index (Phi) is 5.10. The van der Waals surface area contributed by atoms with E-state index in [1.54, 1.807) is 28.4 Å². The molecular formula is C17H19N3O3S. The third-order valence-corrected chi connectivity index (χ3v) is 4.80. The minimum absolute atomic E-state index is 0.0933. The highest BCUT2D eigenvalue weighted by Gasteiger charge is 2.23. The quantitative estimate of drug-likeness (QED) is 0.913. The molecule has 1 aliphatic heterocycles. The number of carbonyl (C=O) groups is 2. The molecule has 1 aliphatic rings. The molecule has 24 heavy (non-hydrogen) atoms. The molecular weight excluding hydrogens is 326 g/mol. The molecule has 0 radical (unpaired) electrons. The summed E-state index contributed by atoms with van der Waals surface area (Å²) in [4.78, 5) is 42.3. The zero-order chi connectivity index (χ0) is 16.9. The van der Waals surface area contributed by atoms with Gasteiger partial charge in [0, 0.05) is 32.2 Å². The van der Waals surface area contributed by atoms with Crippen LogP contribution in [0.4, 0.5) is 0 Å². The molecule has 2 aromatic rings. The first-order chi connectivity index (χ1) is 11.6. The summed E-state index contributed by atoms with van der Waals surface area (Å²) in [5.74, 6) is -0.101. The molecule has 2 aromatic heterocycles. The lowest BCUT2D eigenvalue weighted by atomic mass is 10.2. The standard InChI is InChI=1S/C17H19N3O3S/c21-15-4-1-3-14(18-15)17(23)20-7-2-6-19(8-9-20)16(22)11-13-5-10-24-12-13/h1,3-5,10,12H,2,6-9,11H2,(H,18,21). The van der Waals surface area contributed by atoms with Gasteiger partial charge in [0.25, 0.3) is 5.91 Å². The maximum absolute atomic E-state index is 12.5. The van der Waals surface area contributed by atoms with Gasteiger partial charge in [0.2, 0.25) is 11.5 Å². The van der Waals surface area contributed by atoms with E-state index >= 15 is 0 Å². The Morgan fingerprint density at radius 2 is 1.88 bits per heavy atom. The number of pyridine rings is 1. The Balaban J connectivity index is 1.61. The molecule has 0 bridgehead atoms. The summed E-state index contributed by atoms with van der Waals surface area (Å²) in [6.45, 7) is 2.23. The molecule has 0 unspecified atom stereocenters. The summed E-state index contributed by atoms with van der Waals surface area (Å²) in [6, 6.07) is 6.51. The van der Waals surface area contributed by atoms with E-state index in [2.05, 4.69) is 4.98 Å². The number of aromatic amines is 1. The van der Waals surface area contributed by atoms with Gasteiger partial charge in [-0.3, -0.25) is 14.4 Å². The van der Waals surface area contributed by atoms with Crippen LogP contribution in [-0.2, 0) is 11.2 Å². The highest BCUT2D eigenvalue weighted by atomic mass is 32.1. The maximum atomic E-state index is 12.5. The van der Waals surface area contributed by atoms with Gasteiger partial charge in [-0.1, -0.05) is 6.07 Å². The minimum Gasteiger partial charge on any atom is -0.341 e. The number of amides is 2. The molecule has 1 fully saturated rings. The molecule has 3 rings (SSSR count). The fourth-order valence-electron chi connectivity index (χ4n) is 2.79. The Bertz CT molecular complexity index is 769. The van der Waals surface area contributed by atoms with Gasteiger partial charge in [0.1, 0.15) is 5.69 Å². The van der Waals surface area contributed by atoms with Crippen molar-refractivity contribution in [2.45, 2.75) is 12.8 Å². The summed E-state index contributed by atoms with van der Waals surface area (Å²) < 4.78 is 0. The van der Waals surface area contributed by atoms with Gasteiger partial charge in [-0.15, -0.1) is 0 Å². The van der Waals surface area contributed by atoms with Crippen molar-refractivity contribution in [1.29, 1.82) is 0 Å². The van der Waals surface area contributed by atoms with E-state index in [9.17, 15) is 14.4 Å². The van der Waals surface area contributed by atoms with Crippen LogP contribution in [0.5, 0.6) is 0 Å². The number of hydrogen-bond acceptors (Lipinski definition) is 4. The van der Waals surface area contributed by atoms with Crippen LogP contribution in [0.3, 0.4) is 0 Å². The van der Waals surface area contributed by atoms with Crippen molar-refractivity contribution in [2.24, 2.45) is 0 Å². The van der Waals surface area contributed by atoms with E-state index in [1.807, 2.05) is 21.7 Å². The lowest BCUT2D eigenvalue weighted by Gasteiger charge is -2.22. The van der Waals surface area contributed by atoms with Crippen LogP contribution >= 0.6 is 11.3 Å². The molecule has 0 aliphatic carbocycles. The number of nitrogens with zero attached hydrogens (tertiary/aromatic N) is 2. The van der Waals surface area contributed by atoms with Crippen molar-refractivity contribution in [1.82, 2.24) is 14.8 Å². The van der Waals surface area contributed by atoms with Crippen LogP contribution < -0.4 is 5.56 Å². The number of rotatable bonds is 3. The van der Waals surface area contributed by atoms with Crippen molar-refractivity contribution >= 4 is 23.2 Å². The van der Waals surface area contributed by atoms with Gasteiger partial charge in [0.15, 0.2) is 0 Å². The van der Waals surface area contributed by atoms with Gasteiger partial charge < -0.3 is 14.8 Å². The average molecular weight is 345 g/mol. The van der Waals surface area contributed by atoms with Crippen LogP contribution in [0.1, 0.15) is 22.5 Å². The van der Waals surface area contributed by atoms with Crippen molar-refractivity contribution in [3.05, 3.63) is 56.6 Å². The van der Waals surface area contributed by atoms with Gasteiger partial charge >= 0.3 is 0 Å². The van der Waals surface area contributed by atoms with Crippen molar-refractivity contribution in [2.75, 3.05) is 26.2 Å². The third kappa shape index (κ3) is 3.91. The molecule has 0 atom stereocenters. The second-order valence-electron chi connectivity index (χ2n) is 5.76. The second-order valence-corrected chi connectivity index (χ2v) is 6.54. The second kappa shape index (κ2) is 7.44. The highest BCUT2D eigenvalue weighted by molar-refractivity contribution is 7.08. The first-order valence-corrected chi connectivity index (χ1v) is 8.85. The van der Waals surface area contributed by atoms with Gasteiger partial charge in [-0.25, -0.2) is 0 Å². The van der Waals surface area contributed by atoms with E-state index in [0.29, 0.717) is 38.3 Å². The normalized spacial score (nSPS) is 15.2. The number of nitrogens with one attached hydrogen (secondary N) is 1. The lowest BCUT2D eigenvalue weighted by molar-refractivity contribution is -0.130. The molecule has 1 saturated heterocycles. The fraction of sp³-hybridized carbons (Fsp3) is 0.353. The molecule has 3 heterocycles. The monoisotopic (exact) mass is 345 g/mol. The molecule has 2 amide bonds. The van der Waals surface area contributed by atoms with Crippen LogP contribution in [0.15, 0.2) is 39.8 Å². The zero-order valence-electron chi connectivity index (χ0n) is 13.2. The Labute approximate surface area is 143 Å². The van der Waals surface area contributed by atoms with E-state index < -0.39 is 0 Å². The van der Waals surface area contributed by atoms with Gasteiger partial charge in [-0.2, -0.15) is 11.3 Å².